The summed E-state index contributed by atoms with van der Waals surface area (Å²) in [7, 11) is -1.88. The fourth-order valence-electron chi connectivity index (χ4n) is 4.65. The van der Waals surface area contributed by atoms with Crippen molar-refractivity contribution in [3.63, 3.8) is 0 Å². The second-order valence-electron chi connectivity index (χ2n) is 9.41. The number of methoxy groups -OCH3 is 1. The number of benzene rings is 2. The summed E-state index contributed by atoms with van der Waals surface area (Å²) in [4.78, 5) is 5.05. The third-order valence-corrected chi connectivity index (χ3v) is 8.09. The molecule has 3 aromatic rings. The number of rotatable bonds is 9. The van der Waals surface area contributed by atoms with Gasteiger partial charge in [-0.15, -0.1) is 5.10 Å². The number of sulfone groups is 1. The quantitative estimate of drug-likeness (QED) is 0.445. The number of aromatic nitrogens is 4. The average molecular weight is 499 g/mol. The average Bonchev–Trinajstić information content (AvgIpc) is 3.27. The van der Waals surface area contributed by atoms with Crippen molar-refractivity contribution in [1.82, 2.24) is 30.0 Å². The van der Waals surface area contributed by atoms with Gasteiger partial charge in [0.15, 0.2) is 21.5 Å². The Hall–Kier alpha value is -2.82. The summed E-state index contributed by atoms with van der Waals surface area (Å²) in [6.07, 6.45) is 0. The van der Waals surface area contributed by atoms with Crippen molar-refractivity contribution >= 4 is 9.84 Å². The lowest BCUT2D eigenvalue weighted by Gasteiger charge is -2.40. The van der Waals surface area contributed by atoms with Gasteiger partial charge in [-0.2, -0.15) is 0 Å². The Morgan fingerprint density at radius 3 is 2.34 bits per heavy atom. The summed E-state index contributed by atoms with van der Waals surface area (Å²) in [6, 6.07) is 14.9. The van der Waals surface area contributed by atoms with Crippen LogP contribution in [-0.2, 0) is 22.3 Å². The van der Waals surface area contributed by atoms with Crippen molar-refractivity contribution in [2.75, 3.05) is 33.3 Å². The lowest BCUT2D eigenvalue weighted by Crippen LogP contribution is -2.48. The van der Waals surface area contributed by atoms with E-state index in [0.717, 1.165) is 44.0 Å². The van der Waals surface area contributed by atoms with Crippen LogP contribution >= 0.6 is 0 Å². The first-order valence-corrected chi connectivity index (χ1v) is 13.6. The second kappa shape index (κ2) is 10.8. The SMILES string of the molecule is COc1ccccc1CN1CCN(C(c2nnnn2CS(=O)(=O)c2ccc(C)cc2)C(C)C)CC1. The highest BCUT2D eigenvalue weighted by Crippen LogP contribution is 2.29. The Labute approximate surface area is 207 Å². The molecular weight excluding hydrogens is 464 g/mol. The van der Waals surface area contributed by atoms with Gasteiger partial charge in [0.25, 0.3) is 0 Å². The summed E-state index contributed by atoms with van der Waals surface area (Å²) in [6.45, 7) is 10.5. The van der Waals surface area contributed by atoms with E-state index < -0.39 is 9.84 Å². The number of hydrogen-bond acceptors (Lipinski definition) is 8. The van der Waals surface area contributed by atoms with Gasteiger partial charge < -0.3 is 4.74 Å². The largest absolute Gasteiger partial charge is 0.496 e. The number of para-hydroxylation sites is 1. The zero-order valence-electron chi connectivity index (χ0n) is 20.8. The molecule has 0 aliphatic carbocycles. The maximum absolute atomic E-state index is 13.1. The van der Waals surface area contributed by atoms with Crippen LogP contribution in [-0.4, -0.2) is 71.7 Å². The van der Waals surface area contributed by atoms with Crippen molar-refractivity contribution in [1.29, 1.82) is 0 Å². The minimum atomic E-state index is -3.58. The molecule has 2 aromatic carbocycles. The van der Waals surface area contributed by atoms with Crippen molar-refractivity contribution in [2.24, 2.45) is 5.92 Å². The van der Waals surface area contributed by atoms with Gasteiger partial charge in [-0.1, -0.05) is 49.7 Å². The Bertz CT molecular complexity index is 1220. The molecule has 188 valence electrons. The van der Waals surface area contributed by atoms with Crippen LogP contribution in [0.1, 0.15) is 36.8 Å². The zero-order valence-corrected chi connectivity index (χ0v) is 21.6. The van der Waals surface area contributed by atoms with Crippen LogP contribution in [0.2, 0.25) is 0 Å². The normalized spacial score (nSPS) is 16.5. The Morgan fingerprint density at radius 1 is 1.00 bits per heavy atom. The molecule has 1 atom stereocenters. The summed E-state index contributed by atoms with van der Waals surface area (Å²) in [5.74, 6) is 1.43. The number of aryl methyl sites for hydroxylation is 1. The summed E-state index contributed by atoms with van der Waals surface area (Å²) in [5.41, 5.74) is 2.19. The van der Waals surface area contributed by atoms with Crippen LogP contribution in [0.3, 0.4) is 0 Å². The topological polar surface area (TPSA) is 93.4 Å². The molecule has 1 aliphatic heterocycles. The maximum Gasteiger partial charge on any atom is 0.198 e. The number of ether oxygens (including phenoxy) is 1. The molecule has 1 saturated heterocycles. The predicted molar refractivity (Wildman–Crippen MR) is 134 cm³/mol. The maximum atomic E-state index is 13.1. The third kappa shape index (κ3) is 5.88. The summed E-state index contributed by atoms with van der Waals surface area (Å²) >= 11 is 0. The van der Waals surface area contributed by atoms with Gasteiger partial charge in [-0.3, -0.25) is 9.80 Å². The number of tetrazole rings is 1. The molecule has 0 spiro atoms. The van der Waals surface area contributed by atoms with Gasteiger partial charge in [0, 0.05) is 38.3 Å². The van der Waals surface area contributed by atoms with Crippen molar-refractivity contribution in [3.05, 3.63) is 65.5 Å². The third-order valence-electron chi connectivity index (χ3n) is 6.51. The molecule has 10 heteroatoms. The molecule has 0 amide bonds. The van der Waals surface area contributed by atoms with E-state index in [2.05, 4.69) is 45.2 Å². The zero-order chi connectivity index (χ0) is 25.0. The molecule has 0 N–H and O–H groups in total. The Balaban J connectivity index is 1.47. The molecular formula is C25H34N6O3S. The Morgan fingerprint density at radius 2 is 1.69 bits per heavy atom. The lowest BCUT2D eigenvalue weighted by atomic mass is 10.0. The van der Waals surface area contributed by atoms with E-state index in [0.29, 0.717) is 5.82 Å². The van der Waals surface area contributed by atoms with E-state index in [1.54, 1.807) is 31.4 Å². The van der Waals surface area contributed by atoms with Gasteiger partial charge in [-0.25, -0.2) is 13.1 Å². The smallest absolute Gasteiger partial charge is 0.198 e. The minimum absolute atomic E-state index is 0.0772. The standard InChI is InChI=1S/C25H34N6O3S/c1-19(2)24(30-15-13-29(14-16-30)17-21-7-5-6-8-23(21)34-4)25-26-27-28-31(25)18-35(32,33)22-11-9-20(3)10-12-22/h5-12,19,24H,13-18H2,1-4H3. The number of hydrogen-bond donors (Lipinski definition) is 0. The van der Waals surface area contributed by atoms with Crippen LogP contribution in [0, 0.1) is 12.8 Å². The van der Waals surface area contributed by atoms with E-state index in [4.69, 9.17) is 4.74 Å². The monoisotopic (exact) mass is 498 g/mol. The lowest BCUT2D eigenvalue weighted by molar-refractivity contribution is 0.0662. The molecule has 0 saturated carbocycles. The number of piperazine rings is 1. The molecule has 1 aromatic heterocycles. The van der Waals surface area contributed by atoms with E-state index in [9.17, 15) is 8.42 Å². The van der Waals surface area contributed by atoms with E-state index in [-0.39, 0.29) is 22.7 Å². The van der Waals surface area contributed by atoms with Crippen molar-refractivity contribution in [3.8, 4) is 5.75 Å². The number of nitrogens with zero attached hydrogens (tertiary/aromatic N) is 6. The van der Waals surface area contributed by atoms with Crippen molar-refractivity contribution in [2.45, 2.75) is 44.1 Å². The van der Waals surface area contributed by atoms with Gasteiger partial charge >= 0.3 is 0 Å². The molecule has 35 heavy (non-hydrogen) atoms. The Kier molecular flexibility index (Phi) is 7.83. The molecule has 1 unspecified atom stereocenters. The van der Waals surface area contributed by atoms with Gasteiger partial charge in [-0.05, 0) is 41.5 Å². The van der Waals surface area contributed by atoms with Crippen molar-refractivity contribution < 1.29 is 13.2 Å². The molecule has 9 nitrogen and oxygen atoms in total. The highest BCUT2D eigenvalue weighted by Gasteiger charge is 2.32. The molecule has 0 radical (unpaired) electrons. The first kappa shape index (κ1) is 25.3. The molecule has 1 fully saturated rings. The highest BCUT2D eigenvalue weighted by atomic mass is 32.2. The fraction of sp³-hybridized carbons (Fsp3) is 0.480. The predicted octanol–water partition coefficient (Wildman–Crippen LogP) is 2.94. The van der Waals surface area contributed by atoms with Crippen LogP contribution in [0.15, 0.2) is 53.4 Å². The van der Waals surface area contributed by atoms with E-state index >= 15 is 0 Å². The first-order valence-electron chi connectivity index (χ1n) is 11.9. The molecule has 1 aliphatic rings. The molecule has 0 bridgehead atoms. The van der Waals surface area contributed by atoms with Gasteiger partial charge in [0.1, 0.15) is 5.75 Å². The van der Waals surface area contributed by atoms with Gasteiger partial charge in [0.2, 0.25) is 0 Å². The van der Waals surface area contributed by atoms with Crippen LogP contribution in [0.4, 0.5) is 0 Å². The summed E-state index contributed by atoms with van der Waals surface area (Å²) < 4.78 is 33.1. The van der Waals surface area contributed by atoms with Crippen LogP contribution in [0.25, 0.3) is 0 Å². The minimum Gasteiger partial charge on any atom is -0.496 e. The van der Waals surface area contributed by atoms with Gasteiger partial charge in [0.05, 0.1) is 18.0 Å². The summed E-state index contributed by atoms with van der Waals surface area (Å²) in [5, 5.41) is 12.2. The second-order valence-corrected chi connectivity index (χ2v) is 11.4. The highest BCUT2D eigenvalue weighted by molar-refractivity contribution is 7.90. The molecule has 4 rings (SSSR count). The first-order chi connectivity index (χ1) is 16.8. The fourth-order valence-corrected chi connectivity index (χ4v) is 5.86. The van der Waals surface area contributed by atoms with Crippen LogP contribution < -0.4 is 4.74 Å². The van der Waals surface area contributed by atoms with Crippen LogP contribution in [0.5, 0.6) is 5.75 Å². The molecule has 2 heterocycles. The van der Waals surface area contributed by atoms with E-state index in [1.807, 2.05) is 25.1 Å². The van der Waals surface area contributed by atoms with E-state index in [1.165, 1.54) is 10.2 Å².